The lowest BCUT2D eigenvalue weighted by molar-refractivity contribution is 0.660. The molecule has 10 aromatic rings. The highest BCUT2D eigenvalue weighted by Crippen LogP contribution is 2.49. The summed E-state index contributed by atoms with van der Waals surface area (Å²) in [6.07, 6.45) is 1.95. The van der Waals surface area contributed by atoms with E-state index < -0.39 is 0 Å². The molecular formula is C54H38N6. The number of pyridine rings is 1. The SMILES string of the molecule is CC1(C)c2ccccc2-c2ccc(-c3ccc(-c4cc(-c5nc(-c6ccccc6)nc(-c6ccccc6)n5)cc(-c5nc6c(-c7ccccc7)cccn6n5)c4)cc3)cc21. The van der Waals surface area contributed by atoms with Crippen LogP contribution in [0.4, 0.5) is 0 Å². The molecule has 0 radical (unpaired) electrons. The Kier molecular flexibility index (Phi) is 8.38. The normalized spacial score (nSPS) is 12.6. The van der Waals surface area contributed by atoms with Crippen molar-refractivity contribution in [3.63, 3.8) is 0 Å². The first-order valence-corrected chi connectivity index (χ1v) is 20.3. The van der Waals surface area contributed by atoms with Crippen molar-refractivity contribution in [2.24, 2.45) is 0 Å². The summed E-state index contributed by atoms with van der Waals surface area (Å²) in [6.45, 7) is 4.65. The molecule has 7 aromatic carbocycles. The highest BCUT2D eigenvalue weighted by Gasteiger charge is 2.35. The number of hydrogen-bond donors (Lipinski definition) is 0. The lowest BCUT2D eigenvalue weighted by atomic mass is 9.81. The van der Waals surface area contributed by atoms with Crippen molar-refractivity contribution in [3.8, 4) is 90.1 Å². The van der Waals surface area contributed by atoms with Crippen LogP contribution in [-0.4, -0.2) is 29.5 Å². The Morgan fingerprint density at radius 1 is 0.333 bits per heavy atom. The second kappa shape index (κ2) is 14.2. The Balaban J connectivity index is 1.05. The van der Waals surface area contributed by atoms with Crippen molar-refractivity contribution in [1.29, 1.82) is 0 Å². The second-order valence-corrected chi connectivity index (χ2v) is 15.8. The maximum absolute atomic E-state index is 5.17. The van der Waals surface area contributed by atoms with Crippen LogP contribution in [0.5, 0.6) is 0 Å². The average molecular weight is 771 g/mol. The van der Waals surface area contributed by atoms with Crippen LogP contribution >= 0.6 is 0 Å². The van der Waals surface area contributed by atoms with Crippen molar-refractivity contribution in [3.05, 3.63) is 205 Å². The van der Waals surface area contributed by atoms with Gasteiger partial charge in [-0.1, -0.05) is 166 Å². The van der Waals surface area contributed by atoms with E-state index in [2.05, 4.69) is 117 Å². The van der Waals surface area contributed by atoms with Gasteiger partial charge in [0.15, 0.2) is 28.9 Å². The molecule has 3 heterocycles. The fourth-order valence-corrected chi connectivity index (χ4v) is 8.60. The highest BCUT2D eigenvalue weighted by atomic mass is 15.3. The Morgan fingerprint density at radius 2 is 0.817 bits per heavy atom. The molecule has 0 saturated carbocycles. The number of hydrogen-bond acceptors (Lipinski definition) is 5. The Hall–Kier alpha value is -7.83. The summed E-state index contributed by atoms with van der Waals surface area (Å²) >= 11 is 0. The molecule has 0 amide bonds. The van der Waals surface area contributed by atoms with Gasteiger partial charge >= 0.3 is 0 Å². The summed E-state index contributed by atoms with van der Waals surface area (Å²) in [6, 6.07) is 65.5. The van der Waals surface area contributed by atoms with Crippen molar-refractivity contribution in [2.75, 3.05) is 0 Å². The van der Waals surface area contributed by atoms with Gasteiger partial charge in [-0.2, -0.15) is 0 Å². The molecule has 284 valence electrons. The minimum atomic E-state index is -0.0671. The van der Waals surface area contributed by atoms with Crippen LogP contribution in [0, 0.1) is 0 Å². The first-order valence-electron chi connectivity index (χ1n) is 20.3. The van der Waals surface area contributed by atoms with E-state index in [4.69, 9.17) is 25.0 Å². The summed E-state index contributed by atoms with van der Waals surface area (Å²) in [4.78, 5) is 20.3. The maximum atomic E-state index is 5.17. The summed E-state index contributed by atoms with van der Waals surface area (Å²) in [5, 5.41) is 5.03. The zero-order chi connectivity index (χ0) is 40.2. The van der Waals surface area contributed by atoms with E-state index in [0.717, 1.165) is 55.7 Å². The predicted molar refractivity (Wildman–Crippen MR) is 242 cm³/mol. The monoisotopic (exact) mass is 770 g/mol. The molecule has 3 aromatic heterocycles. The highest BCUT2D eigenvalue weighted by molar-refractivity contribution is 5.85. The van der Waals surface area contributed by atoms with Gasteiger partial charge < -0.3 is 0 Å². The fourth-order valence-electron chi connectivity index (χ4n) is 8.60. The Labute approximate surface area is 348 Å². The molecular weight excluding hydrogens is 733 g/mol. The van der Waals surface area contributed by atoms with Gasteiger partial charge in [0.05, 0.1) is 0 Å². The minimum Gasteiger partial charge on any atom is -0.220 e. The third kappa shape index (κ3) is 6.17. The smallest absolute Gasteiger partial charge is 0.182 e. The lowest BCUT2D eigenvalue weighted by Crippen LogP contribution is -2.14. The van der Waals surface area contributed by atoms with Crippen molar-refractivity contribution in [1.82, 2.24) is 29.5 Å². The zero-order valence-corrected chi connectivity index (χ0v) is 33.2. The Bertz CT molecular complexity index is 3150. The lowest BCUT2D eigenvalue weighted by Gasteiger charge is -2.22. The van der Waals surface area contributed by atoms with Gasteiger partial charge in [-0.05, 0) is 86.5 Å². The molecule has 11 rings (SSSR count). The van der Waals surface area contributed by atoms with E-state index in [0.29, 0.717) is 23.3 Å². The van der Waals surface area contributed by atoms with Gasteiger partial charge in [0.2, 0.25) is 0 Å². The van der Waals surface area contributed by atoms with Crippen molar-refractivity contribution >= 4 is 5.65 Å². The summed E-state index contributed by atoms with van der Waals surface area (Å²) < 4.78 is 1.86. The molecule has 0 N–H and O–H groups in total. The number of benzene rings is 7. The van der Waals surface area contributed by atoms with Crippen molar-refractivity contribution in [2.45, 2.75) is 19.3 Å². The molecule has 0 saturated heterocycles. The largest absolute Gasteiger partial charge is 0.220 e. The topological polar surface area (TPSA) is 68.9 Å². The van der Waals surface area contributed by atoms with Gasteiger partial charge in [-0.3, -0.25) is 0 Å². The van der Waals surface area contributed by atoms with E-state index in [9.17, 15) is 0 Å². The minimum absolute atomic E-state index is 0.0671. The quantitative estimate of drug-likeness (QED) is 0.161. The number of nitrogens with zero attached hydrogens (tertiary/aromatic N) is 6. The third-order valence-corrected chi connectivity index (χ3v) is 11.7. The maximum Gasteiger partial charge on any atom is 0.182 e. The van der Waals surface area contributed by atoms with Crippen LogP contribution < -0.4 is 0 Å². The van der Waals surface area contributed by atoms with Crippen LogP contribution in [0.15, 0.2) is 194 Å². The van der Waals surface area contributed by atoms with Crippen molar-refractivity contribution < 1.29 is 0 Å². The molecule has 0 aliphatic heterocycles. The van der Waals surface area contributed by atoms with Gasteiger partial charge in [-0.25, -0.2) is 24.5 Å². The molecule has 0 bridgehead atoms. The number of rotatable bonds is 7. The van der Waals surface area contributed by atoms with E-state index in [-0.39, 0.29) is 5.41 Å². The van der Waals surface area contributed by atoms with Gasteiger partial charge in [0.1, 0.15) is 0 Å². The fraction of sp³-hybridized carbons (Fsp3) is 0.0556. The summed E-state index contributed by atoms with van der Waals surface area (Å²) in [5.74, 6) is 2.39. The molecule has 1 aliphatic rings. The van der Waals surface area contributed by atoms with E-state index in [1.807, 2.05) is 95.6 Å². The van der Waals surface area contributed by atoms with E-state index >= 15 is 0 Å². The van der Waals surface area contributed by atoms with Crippen LogP contribution in [0.2, 0.25) is 0 Å². The molecule has 6 nitrogen and oxygen atoms in total. The molecule has 0 fully saturated rings. The van der Waals surface area contributed by atoms with E-state index in [1.54, 1.807) is 0 Å². The first kappa shape index (κ1) is 35.3. The van der Waals surface area contributed by atoms with E-state index in [1.165, 1.54) is 27.8 Å². The Morgan fingerprint density at radius 3 is 1.47 bits per heavy atom. The predicted octanol–water partition coefficient (Wildman–Crippen LogP) is 12.9. The molecule has 60 heavy (non-hydrogen) atoms. The van der Waals surface area contributed by atoms with Crippen LogP contribution in [-0.2, 0) is 5.41 Å². The third-order valence-electron chi connectivity index (χ3n) is 11.7. The van der Waals surface area contributed by atoms with Crippen LogP contribution in [0.25, 0.3) is 95.7 Å². The van der Waals surface area contributed by atoms with Crippen LogP contribution in [0.1, 0.15) is 25.0 Å². The number of aromatic nitrogens is 6. The molecule has 0 atom stereocenters. The average Bonchev–Trinajstić information content (AvgIpc) is 3.86. The number of fused-ring (bicyclic) bond motifs is 4. The zero-order valence-electron chi connectivity index (χ0n) is 33.2. The van der Waals surface area contributed by atoms with Gasteiger partial charge in [-0.15, -0.1) is 5.10 Å². The molecule has 1 aliphatic carbocycles. The van der Waals surface area contributed by atoms with Gasteiger partial charge in [0.25, 0.3) is 0 Å². The molecule has 0 unspecified atom stereocenters. The summed E-state index contributed by atoms with van der Waals surface area (Å²) in [5.41, 5.74) is 16.2. The van der Waals surface area contributed by atoms with Crippen LogP contribution in [0.3, 0.4) is 0 Å². The summed E-state index contributed by atoms with van der Waals surface area (Å²) in [7, 11) is 0. The first-order chi connectivity index (χ1) is 29.5. The second-order valence-electron chi connectivity index (χ2n) is 15.8. The van der Waals surface area contributed by atoms with Gasteiger partial charge in [0, 0.05) is 39.4 Å². The standard InChI is InChI=1S/C54H38N6/c1-54(2)47-23-13-12-21-45(47)46-29-28-40(34-48(46)54)35-24-26-36(27-25-35)41-31-42(51-56-49(38-17-8-4-9-18-38)55-50(57-51)39-19-10-5-11-20-39)33-43(32-41)52-58-53-44(22-14-30-60(53)59-52)37-15-6-3-7-16-37/h3-34H,1-2H3. The molecule has 0 spiro atoms. The molecule has 6 heteroatoms.